The largest absolute Gasteiger partial charge is 0.355 e. The summed E-state index contributed by atoms with van der Waals surface area (Å²) in [4.78, 5) is 27.5. The second-order valence-corrected chi connectivity index (χ2v) is 3.39. The lowest BCUT2D eigenvalue weighted by atomic mass is 10.2. The first kappa shape index (κ1) is 11.1. The molecule has 0 aromatic carbocycles. The van der Waals surface area contributed by atoms with Crippen molar-refractivity contribution in [3.8, 4) is 5.69 Å². The van der Waals surface area contributed by atoms with Crippen LogP contribution in [0.1, 0.15) is 10.4 Å². The summed E-state index contributed by atoms with van der Waals surface area (Å²) < 4.78 is 1.39. The summed E-state index contributed by atoms with van der Waals surface area (Å²) in [5, 5.41) is 2.43. The molecule has 2 aromatic heterocycles. The van der Waals surface area contributed by atoms with Gasteiger partial charge in [-0.05, 0) is 24.3 Å². The zero-order chi connectivity index (χ0) is 12.3. The van der Waals surface area contributed by atoms with Crippen LogP contribution in [-0.2, 0) is 0 Å². The lowest BCUT2D eigenvalue weighted by molar-refractivity contribution is 0.0961. The molecule has 2 rings (SSSR count). The summed E-state index contributed by atoms with van der Waals surface area (Å²) in [5.74, 6) is -0.395. The first-order chi connectivity index (χ1) is 8.24. The maximum Gasteiger partial charge on any atom is 0.267 e. The van der Waals surface area contributed by atoms with Gasteiger partial charge in [0.1, 0.15) is 5.56 Å². The second-order valence-electron chi connectivity index (χ2n) is 3.39. The van der Waals surface area contributed by atoms with Gasteiger partial charge in [-0.2, -0.15) is 0 Å². The van der Waals surface area contributed by atoms with Crippen LogP contribution in [0.2, 0.25) is 0 Å². The number of nitrogens with zero attached hydrogens (tertiary/aromatic N) is 2. The van der Waals surface area contributed by atoms with E-state index >= 15 is 0 Å². The molecule has 2 heterocycles. The lowest BCUT2D eigenvalue weighted by Crippen LogP contribution is -2.30. The highest BCUT2D eigenvalue weighted by atomic mass is 16.2. The van der Waals surface area contributed by atoms with Crippen molar-refractivity contribution >= 4 is 5.91 Å². The number of nitrogens with one attached hydrogen (secondary N) is 1. The highest BCUT2D eigenvalue weighted by Gasteiger charge is 2.10. The quantitative estimate of drug-likeness (QED) is 0.819. The molecule has 0 atom stereocenters. The molecule has 0 fully saturated rings. The van der Waals surface area contributed by atoms with Gasteiger partial charge in [0.25, 0.3) is 11.5 Å². The van der Waals surface area contributed by atoms with Crippen molar-refractivity contribution in [2.45, 2.75) is 0 Å². The van der Waals surface area contributed by atoms with Crippen LogP contribution < -0.4 is 10.9 Å². The first-order valence-corrected chi connectivity index (χ1v) is 5.08. The molecule has 0 aliphatic heterocycles. The van der Waals surface area contributed by atoms with Gasteiger partial charge in [0.05, 0.1) is 11.9 Å². The van der Waals surface area contributed by atoms with Crippen LogP contribution in [0.3, 0.4) is 0 Å². The Labute approximate surface area is 97.7 Å². The van der Waals surface area contributed by atoms with Crippen molar-refractivity contribution in [3.63, 3.8) is 0 Å². The predicted molar refractivity (Wildman–Crippen MR) is 63.2 cm³/mol. The van der Waals surface area contributed by atoms with Gasteiger partial charge in [-0.25, -0.2) is 0 Å². The summed E-state index contributed by atoms with van der Waals surface area (Å²) >= 11 is 0. The van der Waals surface area contributed by atoms with Gasteiger partial charge in [-0.1, -0.05) is 0 Å². The van der Waals surface area contributed by atoms with Gasteiger partial charge in [0, 0.05) is 19.4 Å². The molecule has 0 saturated heterocycles. The average Bonchev–Trinajstić information content (AvgIpc) is 2.39. The van der Waals surface area contributed by atoms with Crippen molar-refractivity contribution in [2.24, 2.45) is 0 Å². The van der Waals surface area contributed by atoms with E-state index in [-0.39, 0.29) is 11.1 Å². The minimum Gasteiger partial charge on any atom is -0.355 e. The van der Waals surface area contributed by atoms with E-state index in [2.05, 4.69) is 10.3 Å². The van der Waals surface area contributed by atoms with Crippen LogP contribution in [0.25, 0.3) is 5.69 Å². The van der Waals surface area contributed by atoms with Gasteiger partial charge < -0.3 is 5.32 Å². The van der Waals surface area contributed by atoms with Crippen LogP contribution in [0, 0.1) is 0 Å². The minimum atomic E-state index is -0.395. The molecule has 1 N–H and O–H groups in total. The van der Waals surface area contributed by atoms with Crippen LogP contribution in [0.15, 0.2) is 47.7 Å². The molecule has 5 nitrogen and oxygen atoms in total. The number of hydrogen-bond acceptors (Lipinski definition) is 3. The Hall–Kier alpha value is -2.43. The van der Waals surface area contributed by atoms with Gasteiger partial charge in [-0.3, -0.25) is 19.1 Å². The fourth-order valence-electron chi connectivity index (χ4n) is 1.50. The van der Waals surface area contributed by atoms with E-state index in [1.807, 2.05) is 0 Å². The fourth-order valence-corrected chi connectivity index (χ4v) is 1.50. The number of pyridine rings is 2. The molecule has 17 heavy (non-hydrogen) atoms. The Kier molecular flexibility index (Phi) is 3.00. The number of amides is 1. The third kappa shape index (κ3) is 2.08. The standard InChI is InChI=1S/C12H11N3O2/c1-13-11(16)10-5-3-7-15(12(10)17)9-4-2-6-14-8-9/h2-8H,1H3,(H,13,16). The topological polar surface area (TPSA) is 64.0 Å². The number of aromatic nitrogens is 2. The Morgan fingerprint density at radius 2 is 2.18 bits per heavy atom. The number of hydrogen-bond donors (Lipinski definition) is 1. The first-order valence-electron chi connectivity index (χ1n) is 5.08. The molecule has 0 saturated carbocycles. The zero-order valence-corrected chi connectivity index (χ0v) is 9.25. The van der Waals surface area contributed by atoms with Gasteiger partial charge >= 0.3 is 0 Å². The SMILES string of the molecule is CNC(=O)c1cccn(-c2cccnc2)c1=O. The molecular formula is C12H11N3O2. The van der Waals surface area contributed by atoms with Crippen molar-refractivity contribution in [1.29, 1.82) is 0 Å². The average molecular weight is 229 g/mol. The van der Waals surface area contributed by atoms with Crippen molar-refractivity contribution < 1.29 is 4.79 Å². The molecule has 0 spiro atoms. The van der Waals surface area contributed by atoms with E-state index in [0.29, 0.717) is 5.69 Å². The minimum absolute atomic E-state index is 0.110. The molecule has 1 amide bonds. The molecule has 5 heteroatoms. The number of carbonyl (C=O) groups excluding carboxylic acids is 1. The van der Waals surface area contributed by atoms with Crippen LogP contribution in [-0.4, -0.2) is 22.5 Å². The van der Waals surface area contributed by atoms with Gasteiger partial charge in [0.15, 0.2) is 0 Å². The second kappa shape index (κ2) is 4.61. The molecule has 0 aliphatic rings. The van der Waals surface area contributed by atoms with E-state index in [4.69, 9.17) is 0 Å². The van der Waals surface area contributed by atoms with E-state index < -0.39 is 5.91 Å². The molecule has 86 valence electrons. The van der Waals surface area contributed by atoms with E-state index in [1.54, 1.807) is 36.8 Å². The summed E-state index contributed by atoms with van der Waals surface area (Å²) in [7, 11) is 1.49. The lowest BCUT2D eigenvalue weighted by Gasteiger charge is -2.06. The monoisotopic (exact) mass is 229 g/mol. The third-order valence-corrected chi connectivity index (χ3v) is 2.34. The van der Waals surface area contributed by atoms with Crippen LogP contribution in [0.5, 0.6) is 0 Å². The number of rotatable bonds is 2. The van der Waals surface area contributed by atoms with Crippen molar-refractivity contribution in [1.82, 2.24) is 14.9 Å². The highest BCUT2D eigenvalue weighted by molar-refractivity contribution is 5.93. The molecular weight excluding hydrogens is 218 g/mol. The molecule has 0 bridgehead atoms. The number of carbonyl (C=O) groups is 1. The summed E-state index contributed by atoms with van der Waals surface area (Å²) in [5.41, 5.74) is 0.377. The molecule has 2 aromatic rings. The molecule has 0 aliphatic carbocycles. The van der Waals surface area contributed by atoms with Crippen molar-refractivity contribution in [2.75, 3.05) is 7.05 Å². The van der Waals surface area contributed by atoms with Gasteiger partial charge in [0.2, 0.25) is 0 Å². The third-order valence-electron chi connectivity index (χ3n) is 2.34. The molecule has 0 unspecified atom stereocenters. The fraction of sp³-hybridized carbons (Fsp3) is 0.0833. The van der Waals surface area contributed by atoms with E-state index in [1.165, 1.54) is 17.7 Å². The van der Waals surface area contributed by atoms with Crippen molar-refractivity contribution in [3.05, 3.63) is 58.8 Å². The summed E-state index contributed by atoms with van der Waals surface area (Å²) in [6.45, 7) is 0. The van der Waals surface area contributed by atoms with E-state index in [0.717, 1.165) is 0 Å². The summed E-state index contributed by atoms with van der Waals surface area (Å²) in [6, 6.07) is 6.63. The smallest absolute Gasteiger partial charge is 0.267 e. The Morgan fingerprint density at radius 1 is 1.35 bits per heavy atom. The van der Waals surface area contributed by atoms with E-state index in [9.17, 15) is 9.59 Å². The summed E-state index contributed by atoms with van der Waals surface area (Å²) in [6.07, 6.45) is 4.79. The van der Waals surface area contributed by atoms with Crippen LogP contribution >= 0.6 is 0 Å². The van der Waals surface area contributed by atoms with Crippen LogP contribution in [0.4, 0.5) is 0 Å². The van der Waals surface area contributed by atoms with Gasteiger partial charge in [-0.15, -0.1) is 0 Å². The Bertz CT molecular complexity index is 590. The maximum absolute atomic E-state index is 12.0. The highest BCUT2D eigenvalue weighted by Crippen LogP contribution is 2.02. The zero-order valence-electron chi connectivity index (χ0n) is 9.25. The Morgan fingerprint density at radius 3 is 2.82 bits per heavy atom. The predicted octanol–water partition coefficient (Wildman–Crippen LogP) is 0.592. The maximum atomic E-state index is 12.0. The normalized spacial score (nSPS) is 9.94. The Balaban J connectivity index is 2.58. The molecule has 0 radical (unpaired) electrons.